The molecule has 2 N–H and O–H groups in total. The van der Waals surface area contributed by atoms with Gasteiger partial charge < -0.3 is 62.6 Å². The fourth-order valence-corrected chi connectivity index (χ4v) is 4.86. The van der Waals surface area contributed by atoms with E-state index in [1.807, 2.05) is 12.1 Å². The predicted octanol–water partition coefficient (Wildman–Crippen LogP) is 2.24. The van der Waals surface area contributed by atoms with Gasteiger partial charge in [-0.25, -0.2) is 0 Å². The Labute approximate surface area is 314 Å². The van der Waals surface area contributed by atoms with E-state index in [1.54, 1.807) is 30.3 Å². The molecule has 17 heteroatoms. The molecule has 0 aliphatic heterocycles. The lowest BCUT2D eigenvalue weighted by Gasteiger charge is -2.09. The summed E-state index contributed by atoms with van der Waals surface area (Å²) < 4.78 is 94.4. The maximum absolute atomic E-state index is 12.0. The Hall–Kier alpha value is -2.49. The van der Waals surface area contributed by atoms with Gasteiger partial charge in [-0.1, -0.05) is 18.2 Å². The van der Waals surface area contributed by atoms with Gasteiger partial charge in [0, 0.05) is 5.69 Å². The zero-order valence-corrected chi connectivity index (χ0v) is 31.6. The van der Waals surface area contributed by atoms with Crippen LogP contribution < -0.4 is 10.5 Å². The monoisotopic (exact) mass is 777 g/mol. The number of hydrogen-bond donors (Lipinski definition) is 1. The maximum atomic E-state index is 12.0. The summed E-state index contributed by atoms with van der Waals surface area (Å²) in [5.41, 5.74) is 6.35. The van der Waals surface area contributed by atoms with Crippen LogP contribution in [0.25, 0.3) is 0 Å². The fourth-order valence-electron chi connectivity index (χ4n) is 3.94. The average Bonchev–Trinajstić information content (AvgIpc) is 3.17. The summed E-state index contributed by atoms with van der Waals surface area (Å²) in [7, 11) is -3.76. The number of nitrogen functional groups attached to an aromatic ring is 1. The van der Waals surface area contributed by atoms with Gasteiger partial charge in [0.05, 0.1) is 157 Å². The second-order valence-corrected chi connectivity index (χ2v) is 12.4. The lowest BCUT2D eigenvalue weighted by atomic mass is 10.3. The second-order valence-electron chi connectivity index (χ2n) is 10.7. The molecule has 2 aromatic carbocycles. The van der Waals surface area contributed by atoms with Gasteiger partial charge in [0.2, 0.25) is 0 Å². The Morgan fingerprint density at radius 3 is 0.962 bits per heavy atom. The Kier molecular flexibility index (Phi) is 30.0. The second kappa shape index (κ2) is 34.0. The molecule has 0 unspecified atom stereocenters. The van der Waals surface area contributed by atoms with Gasteiger partial charge in [-0.3, -0.25) is 4.18 Å². The molecule has 0 atom stereocenters. The van der Waals surface area contributed by atoms with Crippen LogP contribution in [0.1, 0.15) is 0 Å². The molecule has 0 bridgehead atoms. The molecule has 0 heterocycles. The van der Waals surface area contributed by atoms with Crippen LogP contribution in [0, 0.1) is 0 Å². The molecule has 2 aromatic rings. The topological polar surface area (TPSA) is 180 Å². The number of rotatable bonds is 39. The van der Waals surface area contributed by atoms with Crippen LogP contribution in [0.3, 0.4) is 0 Å². The third kappa shape index (κ3) is 28.6. The summed E-state index contributed by atoms with van der Waals surface area (Å²) in [5.74, 6) is 0.765. The number of nitrogens with two attached hydrogens (primary N) is 1. The molecule has 0 aliphatic carbocycles. The molecular formula is C36H59NO15S. The lowest BCUT2D eigenvalue weighted by molar-refractivity contribution is -0.0279. The number of ether oxygens (including phenoxy) is 12. The predicted molar refractivity (Wildman–Crippen MR) is 195 cm³/mol. The van der Waals surface area contributed by atoms with E-state index in [1.165, 1.54) is 12.1 Å². The first-order valence-electron chi connectivity index (χ1n) is 17.9. The smallest absolute Gasteiger partial charge is 0.297 e. The van der Waals surface area contributed by atoms with E-state index in [2.05, 4.69) is 0 Å². The van der Waals surface area contributed by atoms with E-state index in [-0.39, 0.29) is 18.1 Å². The lowest BCUT2D eigenvalue weighted by Crippen LogP contribution is -2.16. The largest absolute Gasteiger partial charge is 0.491 e. The zero-order chi connectivity index (χ0) is 37.8. The summed E-state index contributed by atoms with van der Waals surface area (Å²) >= 11 is 0. The van der Waals surface area contributed by atoms with Crippen molar-refractivity contribution < 1.29 is 69.4 Å². The molecule has 0 amide bonds. The molecule has 0 aliphatic rings. The van der Waals surface area contributed by atoms with Crippen LogP contribution in [-0.2, 0) is 66.4 Å². The highest BCUT2D eigenvalue weighted by atomic mass is 32.2. The average molecular weight is 778 g/mol. The Balaban J connectivity index is 1.15. The first kappa shape index (κ1) is 46.7. The van der Waals surface area contributed by atoms with Crippen LogP contribution in [0.15, 0.2) is 59.5 Å². The third-order valence-electron chi connectivity index (χ3n) is 6.59. The van der Waals surface area contributed by atoms with Gasteiger partial charge in [0.25, 0.3) is 10.1 Å². The molecule has 0 fully saturated rings. The summed E-state index contributed by atoms with van der Waals surface area (Å²) in [6.07, 6.45) is 0. The van der Waals surface area contributed by atoms with Crippen molar-refractivity contribution in [2.24, 2.45) is 0 Å². The van der Waals surface area contributed by atoms with Gasteiger partial charge in [-0.05, 0) is 36.4 Å². The Morgan fingerprint density at radius 2 is 0.642 bits per heavy atom. The van der Waals surface area contributed by atoms with Gasteiger partial charge in [-0.15, -0.1) is 0 Å². The zero-order valence-electron chi connectivity index (χ0n) is 30.8. The SMILES string of the molecule is Nc1ccc(OCCOCCOCCOCCOCCOCCOCCOCCOCCOCCOCCOCCOS(=O)(=O)c2ccccc2)cc1. The van der Waals surface area contributed by atoms with Crippen LogP contribution >= 0.6 is 0 Å². The minimum atomic E-state index is -3.76. The molecule has 53 heavy (non-hydrogen) atoms. The summed E-state index contributed by atoms with van der Waals surface area (Å²) in [6, 6.07) is 15.2. The fraction of sp³-hybridized carbons (Fsp3) is 0.667. The quantitative estimate of drug-likeness (QED) is 0.0593. The van der Waals surface area contributed by atoms with Crippen LogP contribution in [0.2, 0.25) is 0 Å². The summed E-state index contributed by atoms with van der Waals surface area (Å²) in [6.45, 7) is 10.3. The first-order valence-corrected chi connectivity index (χ1v) is 19.3. The van der Waals surface area contributed by atoms with Crippen molar-refractivity contribution in [3.63, 3.8) is 0 Å². The van der Waals surface area contributed by atoms with Gasteiger partial charge in [-0.2, -0.15) is 8.42 Å². The highest BCUT2D eigenvalue weighted by Crippen LogP contribution is 2.13. The van der Waals surface area contributed by atoms with E-state index >= 15 is 0 Å². The van der Waals surface area contributed by atoms with E-state index in [0.717, 1.165) is 5.75 Å². The number of anilines is 1. The normalized spacial score (nSPS) is 11.7. The van der Waals surface area contributed by atoms with Gasteiger partial charge in [0.1, 0.15) is 12.4 Å². The Bertz CT molecular complexity index is 1180. The molecule has 0 radical (unpaired) electrons. The van der Waals surface area contributed by atoms with Crippen LogP contribution in [-0.4, -0.2) is 167 Å². The van der Waals surface area contributed by atoms with E-state index in [4.69, 9.17) is 66.8 Å². The molecule has 0 aromatic heterocycles. The standard InChI is InChI=1S/C36H59NO15S/c37-34-6-8-35(9-7-34)51-32-30-49-28-26-47-24-22-45-20-18-43-16-14-41-12-10-40-11-13-42-15-17-44-19-21-46-23-25-48-27-29-50-31-33-52-53(38,39)36-4-2-1-3-5-36/h1-9H,10-33,37H2. The van der Waals surface area contributed by atoms with E-state index in [9.17, 15) is 8.42 Å². The highest BCUT2D eigenvalue weighted by molar-refractivity contribution is 7.86. The van der Waals surface area contributed by atoms with Crippen molar-refractivity contribution in [3.8, 4) is 5.75 Å². The molecule has 2 rings (SSSR count). The molecule has 304 valence electrons. The van der Waals surface area contributed by atoms with Crippen LogP contribution in [0.4, 0.5) is 5.69 Å². The van der Waals surface area contributed by atoms with Crippen molar-refractivity contribution in [1.29, 1.82) is 0 Å². The number of benzene rings is 2. The van der Waals surface area contributed by atoms with Crippen molar-refractivity contribution in [2.45, 2.75) is 4.90 Å². The van der Waals surface area contributed by atoms with Crippen molar-refractivity contribution in [1.82, 2.24) is 0 Å². The molecule has 16 nitrogen and oxygen atoms in total. The Morgan fingerprint density at radius 1 is 0.358 bits per heavy atom. The van der Waals surface area contributed by atoms with Crippen molar-refractivity contribution in [3.05, 3.63) is 54.6 Å². The molecule has 0 spiro atoms. The maximum Gasteiger partial charge on any atom is 0.297 e. The van der Waals surface area contributed by atoms with Crippen molar-refractivity contribution in [2.75, 3.05) is 164 Å². The summed E-state index contributed by atoms with van der Waals surface area (Å²) in [5, 5.41) is 0. The molecule has 0 saturated carbocycles. The minimum Gasteiger partial charge on any atom is -0.491 e. The van der Waals surface area contributed by atoms with E-state index < -0.39 is 10.1 Å². The summed E-state index contributed by atoms with van der Waals surface area (Å²) in [4.78, 5) is 0.118. The van der Waals surface area contributed by atoms with Crippen molar-refractivity contribution >= 4 is 15.8 Å². The first-order chi connectivity index (χ1) is 26.1. The van der Waals surface area contributed by atoms with Gasteiger partial charge in [0.15, 0.2) is 0 Å². The molecule has 0 saturated heterocycles. The third-order valence-corrected chi connectivity index (χ3v) is 7.92. The minimum absolute atomic E-state index is 0.0619. The molecular weight excluding hydrogens is 718 g/mol. The van der Waals surface area contributed by atoms with Gasteiger partial charge >= 0.3 is 0 Å². The highest BCUT2D eigenvalue weighted by Gasteiger charge is 2.13. The van der Waals surface area contributed by atoms with E-state index in [0.29, 0.717) is 151 Å². The van der Waals surface area contributed by atoms with Crippen LogP contribution in [0.5, 0.6) is 5.75 Å². The number of hydrogen-bond acceptors (Lipinski definition) is 16.